The number of ether oxygens (including phenoxy) is 2. The van der Waals surface area contributed by atoms with Gasteiger partial charge in [0.15, 0.2) is 0 Å². The molecule has 25 heavy (non-hydrogen) atoms. The molecule has 0 saturated carbocycles. The highest BCUT2D eigenvalue weighted by Crippen LogP contribution is 2.30. The SMILES string of the molecule is COC1(C(=O)N2CC(C)OC(c3ccc(F)cc3)C2)CCNCC1.Cl. The molecular weight excluding hydrogens is 347 g/mol. The standard InChI is InChI=1S/C18H25FN2O3.ClH/c1-13-11-21(17(22)18(23-2)7-9-20-10-8-18)12-16(24-13)14-3-5-15(19)6-4-14;/h3-6,13,16,20H,7-12H2,1-2H3;1H. The van der Waals surface area contributed by atoms with Crippen LogP contribution in [0.3, 0.4) is 0 Å². The van der Waals surface area contributed by atoms with Gasteiger partial charge in [0.25, 0.3) is 5.91 Å². The summed E-state index contributed by atoms with van der Waals surface area (Å²) in [6.45, 7) is 4.53. The zero-order valence-corrected chi connectivity index (χ0v) is 15.5. The van der Waals surface area contributed by atoms with Crippen LogP contribution < -0.4 is 5.32 Å². The molecule has 0 bridgehead atoms. The molecule has 140 valence electrons. The normalized spacial score (nSPS) is 26.0. The van der Waals surface area contributed by atoms with E-state index in [1.165, 1.54) is 12.1 Å². The molecule has 0 aliphatic carbocycles. The number of hydrogen-bond acceptors (Lipinski definition) is 4. The van der Waals surface area contributed by atoms with E-state index in [1.807, 2.05) is 11.8 Å². The summed E-state index contributed by atoms with van der Waals surface area (Å²) in [5, 5.41) is 3.27. The maximum Gasteiger partial charge on any atom is 0.255 e. The van der Waals surface area contributed by atoms with Gasteiger partial charge in [-0.05, 0) is 50.6 Å². The lowest BCUT2D eigenvalue weighted by Crippen LogP contribution is -2.58. The second kappa shape index (κ2) is 8.45. The first-order valence-corrected chi connectivity index (χ1v) is 8.50. The Morgan fingerprint density at radius 1 is 1.28 bits per heavy atom. The van der Waals surface area contributed by atoms with Crippen LogP contribution in [0.1, 0.15) is 31.4 Å². The van der Waals surface area contributed by atoms with Crippen molar-refractivity contribution in [3.05, 3.63) is 35.6 Å². The Bertz CT molecular complexity index is 578. The van der Waals surface area contributed by atoms with Crippen molar-refractivity contribution in [1.29, 1.82) is 0 Å². The Hall–Kier alpha value is -1.21. The maximum atomic E-state index is 13.1. The average molecular weight is 373 g/mol. The molecule has 2 saturated heterocycles. The van der Waals surface area contributed by atoms with Crippen LogP contribution in [0.15, 0.2) is 24.3 Å². The van der Waals surface area contributed by atoms with Crippen LogP contribution in [0.5, 0.6) is 0 Å². The Labute approximate surface area is 154 Å². The first-order valence-electron chi connectivity index (χ1n) is 8.50. The summed E-state index contributed by atoms with van der Waals surface area (Å²) >= 11 is 0. The van der Waals surface area contributed by atoms with Gasteiger partial charge in [-0.3, -0.25) is 4.79 Å². The van der Waals surface area contributed by atoms with Gasteiger partial charge >= 0.3 is 0 Å². The molecule has 1 amide bonds. The summed E-state index contributed by atoms with van der Waals surface area (Å²) in [6.07, 6.45) is 1.03. The van der Waals surface area contributed by atoms with E-state index in [9.17, 15) is 9.18 Å². The molecule has 5 nitrogen and oxygen atoms in total. The van der Waals surface area contributed by atoms with E-state index in [0.29, 0.717) is 25.9 Å². The molecule has 2 aliphatic rings. The number of morpholine rings is 1. The lowest BCUT2D eigenvalue weighted by atomic mass is 9.89. The van der Waals surface area contributed by atoms with Crippen LogP contribution in [-0.4, -0.2) is 55.8 Å². The highest BCUT2D eigenvalue weighted by Gasteiger charge is 2.44. The summed E-state index contributed by atoms with van der Waals surface area (Å²) in [6, 6.07) is 6.29. The molecular formula is C18H26ClFN2O3. The number of hydrogen-bond donors (Lipinski definition) is 1. The number of piperidine rings is 1. The summed E-state index contributed by atoms with van der Waals surface area (Å²) in [4.78, 5) is 15.0. The molecule has 2 aliphatic heterocycles. The van der Waals surface area contributed by atoms with Crippen molar-refractivity contribution < 1.29 is 18.7 Å². The number of nitrogens with zero attached hydrogens (tertiary/aromatic N) is 1. The lowest BCUT2D eigenvalue weighted by molar-refractivity contribution is -0.170. The lowest BCUT2D eigenvalue weighted by Gasteiger charge is -2.43. The number of carbonyl (C=O) groups is 1. The van der Waals surface area contributed by atoms with Crippen LogP contribution in [0, 0.1) is 5.82 Å². The third-order valence-corrected chi connectivity index (χ3v) is 4.98. The van der Waals surface area contributed by atoms with Gasteiger partial charge in [0.05, 0.1) is 12.6 Å². The third-order valence-electron chi connectivity index (χ3n) is 4.98. The van der Waals surface area contributed by atoms with Crippen molar-refractivity contribution in [1.82, 2.24) is 10.2 Å². The van der Waals surface area contributed by atoms with E-state index in [4.69, 9.17) is 9.47 Å². The van der Waals surface area contributed by atoms with Gasteiger partial charge < -0.3 is 19.7 Å². The number of methoxy groups -OCH3 is 1. The van der Waals surface area contributed by atoms with E-state index in [1.54, 1.807) is 19.2 Å². The predicted octanol–water partition coefficient (Wildman–Crippen LogP) is 2.30. The van der Waals surface area contributed by atoms with E-state index in [0.717, 1.165) is 18.7 Å². The van der Waals surface area contributed by atoms with Gasteiger partial charge in [-0.15, -0.1) is 12.4 Å². The second-order valence-electron chi connectivity index (χ2n) is 6.65. The molecule has 2 heterocycles. The minimum atomic E-state index is -0.740. The number of amides is 1. The van der Waals surface area contributed by atoms with Crippen LogP contribution >= 0.6 is 12.4 Å². The average Bonchev–Trinajstić information content (AvgIpc) is 2.61. The van der Waals surface area contributed by atoms with Crippen molar-refractivity contribution in [3.63, 3.8) is 0 Å². The molecule has 1 aromatic rings. The molecule has 7 heteroatoms. The summed E-state index contributed by atoms with van der Waals surface area (Å²) in [5.41, 5.74) is 0.146. The minimum absolute atomic E-state index is 0. The first kappa shape index (κ1) is 20.1. The van der Waals surface area contributed by atoms with Crippen LogP contribution in [0.4, 0.5) is 4.39 Å². The smallest absolute Gasteiger partial charge is 0.255 e. The van der Waals surface area contributed by atoms with Crippen LogP contribution in [0.25, 0.3) is 0 Å². The van der Waals surface area contributed by atoms with Crippen LogP contribution in [0.2, 0.25) is 0 Å². The molecule has 1 aromatic carbocycles. The molecule has 1 N–H and O–H groups in total. The Balaban J connectivity index is 0.00000225. The molecule has 2 unspecified atom stereocenters. The quantitative estimate of drug-likeness (QED) is 0.884. The maximum absolute atomic E-state index is 13.1. The van der Waals surface area contributed by atoms with Gasteiger partial charge in [0, 0.05) is 13.7 Å². The highest BCUT2D eigenvalue weighted by molar-refractivity contribution is 5.86. The van der Waals surface area contributed by atoms with E-state index >= 15 is 0 Å². The number of rotatable bonds is 3. The van der Waals surface area contributed by atoms with Crippen LogP contribution in [-0.2, 0) is 14.3 Å². The van der Waals surface area contributed by atoms with E-state index in [2.05, 4.69) is 5.32 Å². The van der Waals surface area contributed by atoms with Gasteiger partial charge in [-0.25, -0.2) is 4.39 Å². The summed E-state index contributed by atoms with van der Waals surface area (Å²) < 4.78 is 24.8. The topological polar surface area (TPSA) is 50.8 Å². The second-order valence-corrected chi connectivity index (χ2v) is 6.65. The van der Waals surface area contributed by atoms with E-state index < -0.39 is 5.60 Å². The molecule has 0 spiro atoms. The summed E-state index contributed by atoms with van der Waals surface area (Å²) in [5.74, 6) is -0.239. The van der Waals surface area contributed by atoms with E-state index in [-0.39, 0.29) is 36.3 Å². The van der Waals surface area contributed by atoms with Crippen molar-refractivity contribution in [2.75, 3.05) is 33.3 Å². The van der Waals surface area contributed by atoms with Crippen molar-refractivity contribution in [2.24, 2.45) is 0 Å². The zero-order valence-electron chi connectivity index (χ0n) is 14.7. The van der Waals surface area contributed by atoms with Crippen molar-refractivity contribution in [2.45, 2.75) is 37.6 Å². The molecule has 2 fully saturated rings. The minimum Gasteiger partial charge on any atom is -0.368 e. The fourth-order valence-corrected chi connectivity index (χ4v) is 3.60. The molecule has 2 atom stereocenters. The third kappa shape index (κ3) is 4.31. The number of halogens is 2. The van der Waals surface area contributed by atoms with Gasteiger partial charge in [0.1, 0.15) is 17.5 Å². The van der Waals surface area contributed by atoms with Crippen molar-refractivity contribution >= 4 is 18.3 Å². The summed E-state index contributed by atoms with van der Waals surface area (Å²) in [7, 11) is 1.62. The molecule has 0 radical (unpaired) electrons. The monoisotopic (exact) mass is 372 g/mol. The fraction of sp³-hybridized carbons (Fsp3) is 0.611. The fourth-order valence-electron chi connectivity index (χ4n) is 3.60. The largest absolute Gasteiger partial charge is 0.368 e. The van der Waals surface area contributed by atoms with Gasteiger partial charge in [-0.1, -0.05) is 12.1 Å². The first-order chi connectivity index (χ1) is 11.5. The molecule has 0 aromatic heterocycles. The number of carbonyl (C=O) groups excluding carboxylic acids is 1. The Kier molecular flexibility index (Phi) is 6.79. The Morgan fingerprint density at radius 3 is 2.52 bits per heavy atom. The number of benzene rings is 1. The Morgan fingerprint density at radius 2 is 1.92 bits per heavy atom. The molecule has 3 rings (SSSR count). The van der Waals surface area contributed by atoms with Gasteiger partial charge in [-0.2, -0.15) is 0 Å². The van der Waals surface area contributed by atoms with Crippen molar-refractivity contribution in [3.8, 4) is 0 Å². The predicted molar refractivity (Wildman–Crippen MR) is 95.4 cm³/mol. The number of nitrogens with one attached hydrogen (secondary N) is 1. The zero-order chi connectivity index (χ0) is 17.2. The van der Waals surface area contributed by atoms with Gasteiger partial charge in [0.2, 0.25) is 0 Å². The highest BCUT2D eigenvalue weighted by atomic mass is 35.5.